The summed E-state index contributed by atoms with van der Waals surface area (Å²) in [7, 11) is 0. The average Bonchev–Trinajstić information content (AvgIpc) is 3.53. The Balaban J connectivity index is 1.54. The molecule has 1 amide bonds. The number of thioether (sulfide) groups is 1. The van der Waals surface area contributed by atoms with Crippen LogP contribution in [0.15, 0.2) is 88.5 Å². The molecule has 1 saturated heterocycles. The number of para-hydroxylation sites is 1. The summed E-state index contributed by atoms with van der Waals surface area (Å²) in [6.07, 6.45) is 5.20. The molecule has 5 rings (SSSR count). The summed E-state index contributed by atoms with van der Waals surface area (Å²) in [5.41, 5.74) is 3.00. The number of nitrogens with zero attached hydrogens (tertiary/aromatic N) is 3. The summed E-state index contributed by atoms with van der Waals surface area (Å²) in [6, 6.07) is 19.4. The van der Waals surface area contributed by atoms with Crippen molar-refractivity contribution in [3.05, 3.63) is 101 Å². The van der Waals surface area contributed by atoms with Crippen LogP contribution in [0.1, 0.15) is 11.3 Å². The molecule has 1 fully saturated rings. The van der Waals surface area contributed by atoms with Gasteiger partial charge in [-0.25, -0.2) is 9.07 Å². The summed E-state index contributed by atoms with van der Waals surface area (Å²) in [5, 5.41) is 4.71. The van der Waals surface area contributed by atoms with Gasteiger partial charge in [0, 0.05) is 17.3 Å². The van der Waals surface area contributed by atoms with Crippen molar-refractivity contribution in [2.45, 2.75) is 6.54 Å². The molecule has 3 heterocycles. The molecule has 158 valence electrons. The first kappa shape index (κ1) is 20.4. The Hall–Kier alpha value is -3.49. The van der Waals surface area contributed by atoms with Gasteiger partial charge in [0.15, 0.2) is 0 Å². The van der Waals surface area contributed by atoms with E-state index < -0.39 is 0 Å². The smallest absolute Gasteiger partial charge is 0.266 e. The Bertz CT molecular complexity index is 1310. The van der Waals surface area contributed by atoms with Crippen LogP contribution < -0.4 is 0 Å². The van der Waals surface area contributed by atoms with Gasteiger partial charge in [0.25, 0.3) is 5.91 Å². The van der Waals surface area contributed by atoms with Gasteiger partial charge < -0.3 is 4.42 Å². The maximum absolute atomic E-state index is 13.5. The second kappa shape index (κ2) is 8.57. The molecule has 0 N–H and O–H groups in total. The number of carbonyl (C=O) groups is 1. The average molecular weight is 462 g/mol. The molecular formula is C24H16FN3O2S2. The lowest BCUT2D eigenvalue weighted by atomic mass is 10.1. The van der Waals surface area contributed by atoms with Crippen LogP contribution in [0.3, 0.4) is 0 Å². The first-order valence-corrected chi connectivity index (χ1v) is 11.0. The Morgan fingerprint density at radius 2 is 1.84 bits per heavy atom. The minimum Gasteiger partial charge on any atom is -0.467 e. The highest BCUT2D eigenvalue weighted by molar-refractivity contribution is 8.26. The molecule has 0 spiro atoms. The van der Waals surface area contributed by atoms with Crippen LogP contribution in [0.4, 0.5) is 4.39 Å². The molecule has 5 nitrogen and oxygen atoms in total. The highest BCUT2D eigenvalue weighted by Gasteiger charge is 2.33. The van der Waals surface area contributed by atoms with Crippen LogP contribution in [-0.2, 0) is 11.3 Å². The number of aromatic nitrogens is 2. The van der Waals surface area contributed by atoms with Crippen LogP contribution >= 0.6 is 24.0 Å². The third-order valence-corrected chi connectivity index (χ3v) is 6.31. The lowest BCUT2D eigenvalue weighted by molar-refractivity contribution is -0.122. The normalized spacial score (nSPS) is 15.2. The third kappa shape index (κ3) is 4.02. The first-order chi connectivity index (χ1) is 15.6. The van der Waals surface area contributed by atoms with Gasteiger partial charge in [-0.1, -0.05) is 42.2 Å². The Kier molecular flexibility index (Phi) is 5.46. The van der Waals surface area contributed by atoms with Gasteiger partial charge in [0.05, 0.1) is 29.1 Å². The number of amides is 1. The van der Waals surface area contributed by atoms with E-state index in [1.165, 1.54) is 28.8 Å². The molecule has 1 aliphatic rings. The molecule has 1 aliphatic heterocycles. The standard InChI is InChI=1S/C24H16FN3O2S2/c25-18-10-8-16(9-11-18)22-17(14-28(26-22)19-5-2-1-3-6-19)13-21-23(29)27(24(31)32-21)15-20-7-4-12-30-20/h1-14H,15H2/b21-13+. The molecule has 0 saturated carbocycles. The number of hydrogen-bond donors (Lipinski definition) is 0. The van der Waals surface area contributed by atoms with Gasteiger partial charge in [0.2, 0.25) is 0 Å². The maximum Gasteiger partial charge on any atom is 0.266 e. The number of benzene rings is 2. The van der Waals surface area contributed by atoms with E-state index in [9.17, 15) is 9.18 Å². The van der Waals surface area contributed by atoms with Gasteiger partial charge >= 0.3 is 0 Å². The van der Waals surface area contributed by atoms with E-state index in [2.05, 4.69) is 0 Å². The molecule has 2 aromatic heterocycles. The fourth-order valence-corrected chi connectivity index (χ4v) is 4.62. The number of furan rings is 1. The van der Waals surface area contributed by atoms with Gasteiger partial charge in [-0.05, 0) is 54.6 Å². The molecule has 0 radical (unpaired) electrons. The minimum absolute atomic E-state index is 0.186. The van der Waals surface area contributed by atoms with Crippen LogP contribution in [0.5, 0.6) is 0 Å². The quantitative estimate of drug-likeness (QED) is 0.283. The van der Waals surface area contributed by atoms with Crippen molar-refractivity contribution in [2.75, 3.05) is 0 Å². The zero-order valence-corrected chi connectivity index (χ0v) is 18.3. The second-order valence-electron chi connectivity index (χ2n) is 7.07. The van der Waals surface area contributed by atoms with E-state index >= 15 is 0 Å². The monoisotopic (exact) mass is 461 g/mol. The van der Waals surface area contributed by atoms with Gasteiger partial charge in [-0.15, -0.1) is 0 Å². The van der Waals surface area contributed by atoms with Crippen molar-refractivity contribution in [3.8, 4) is 16.9 Å². The highest BCUT2D eigenvalue weighted by Crippen LogP contribution is 2.35. The van der Waals surface area contributed by atoms with Crippen molar-refractivity contribution in [1.82, 2.24) is 14.7 Å². The van der Waals surface area contributed by atoms with Crippen molar-refractivity contribution < 1.29 is 13.6 Å². The second-order valence-corrected chi connectivity index (χ2v) is 8.74. The van der Waals surface area contributed by atoms with Crippen molar-refractivity contribution in [3.63, 3.8) is 0 Å². The number of hydrogen-bond acceptors (Lipinski definition) is 5. The maximum atomic E-state index is 13.5. The first-order valence-electron chi connectivity index (χ1n) is 9.77. The largest absolute Gasteiger partial charge is 0.467 e. The van der Waals surface area contributed by atoms with Gasteiger partial charge in [-0.3, -0.25) is 9.69 Å². The topological polar surface area (TPSA) is 51.3 Å². The molecule has 32 heavy (non-hydrogen) atoms. The molecule has 0 bridgehead atoms. The molecule has 0 aliphatic carbocycles. The Morgan fingerprint density at radius 1 is 1.06 bits per heavy atom. The van der Waals surface area contributed by atoms with Crippen molar-refractivity contribution in [2.24, 2.45) is 0 Å². The van der Waals surface area contributed by atoms with Crippen LogP contribution in [-0.4, -0.2) is 24.9 Å². The molecule has 8 heteroatoms. The fraction of sp³-hybridized carbons (Fsp3) is 0.0417. The van der Waals surface area contributed by atoms with Crippen molar-refractivity contribution >= 4 is 40.3 Å². The number of thiocarbonyl (C=S) groups is 1. The summed E-state index contributed by atoms with van der Waals surface area (Å²) < 4.78 is 21.1. The third-order valence-electron chi connectivity index (χ3n) is 4.94. The van der Waals surface area contributed by atoms with E-state index in [0.717, 1.165) is 16.8 Å². The predicted molar refractivity (Wildman–Crippen MR) is 126 cm³/mol. The van der Waals surface area contributed by atoms with E-state index in [1.54, 1.807) is 41.3 Å². The predicted octanol–water partition coefficient (Wildman–Crippen LogP) is 5.67. The molecule has 0 atom stereocenters. The molecule has 2 aromatic carbocycles. The van der Waals surface area contributed by atoms with Crippen molar-refractivity contribution in [1.29, 1.82) is 0 Å². The summed E-state index contributed by atoms with van der Waals surface area (Å²) >= 11 is 6.67. The SMILES string of the molecule is O=C1/C(=C\c2cn(-c3ccccc3)nc2-c2ccc(F)cc2)SC(=S)N1Cc1ccco1. The molecule has 4 aromatic rings. The van der Waals surface area contributed by atoms with Crippen LogP contribution in [0.2, 0.25) is 0 Å². The fourth-order valence-electron chi connectivity index (χ4n) is 3.37. The van der Waals surface area contributed by atoms with E-state index in [4.69, 9.17) is 21.7 Å². The summed E-state index contributed by atoms with van der Waals surface area (Å²) in [4.78, 5) is 15.1. The van der Waals surface area contributed by atoms with Gasteiger partial charge in [-0.2, -0.15) is 5.10 Å². The van der Waals surface area contributed by atoms with E-state index in [-0.39, 0.29) is 18.3 Å². The zero-order valence-electron chi connectivity index (χ0n) is 16.6. The lowest BCUT2D eigenvalue weighted by Gasteiger charge is -2.11. The Labute approximate surface area is 193 Å². The number of rotatable bonds is 5. The minimum atomic E-state index is -0.323. The zero-order chi connectivity index (χ0) is 22.1. The lowest BCUT2D eigenvalue weighted by Crippen LogP contribution is -2.27. The molecular weight excluding hydrogens is 445 g/mol. The Morgan fingerprint density at radius 3 is 2.56 bits per heavy atom. The van der Waals surface area contributed by atoms with E-state index in [0.29, 0.717) is 20.7 Å². The van der Waals surface area contributed by atoms with Crippen LogP contribution in [0.25, 0.3) is 23.0 Å². The van der Waals surface area contributed by atoms with Gasteiger partial charge in [0.1, 0.15) is 15.9 Å². The summed E-state index contributed by atoms with van der Waals surface area (Å²) in [5.74, 6) is 0.150. The van der Waals surface area contributed by atoms with Crippen LogP contribution in [0, 0.1) is 5.82 Å². The highest BCUT2D eigenvalue weighted by atomic mass is 32.2. The number of halogens is 1. The number of carbonyl (C=O) groups excluding carboxylic acids is 1. The molecule has 0 unspecified atom stereocenters. The van der Waals surface area contributed by atoms with E-state index in [1.807, 2.05) is 36.5 Å². The summed E-state index contributed by atoms with van der Waals surface area (Å²) in [6.45, 7) is 0.281.